The van der Waals surface area contributed by atoms with Gasteiger partial charge in [-0.3, -0.25) is 4.79 Å². The lowest BCUT2D eigenvalue weighted by Gasteiger charge is -2.14. The van der Waals surface area contributed by atoms with Gasteiger partial charge < -0.3 is 4.74 Å². The van der Waals surface area contributed by atoms with Crippen molar-refractivity contribution >= 4 is 11.9 Å². The number of carbonyl (C=O) groups excluding carboxylic acids is 1. The first-order chi connectivity index (χ1) is 7.74. The van der Waals surface area contributed by atoms with E-state index in [9.17, 15) is 4.79 Å². The number of allylic oxidation sites excluding steroid dienone is 1. The van der Waals surface area contributed by atoms with Gasteiger partial charge in [0.25, 0.3) is 0 Å². The van der Waals surface area contributed by atoms with Crippen LogP contribution < -0.4 is 4.74 Å². The third kappa shape index (κ3) is 1.98. The number of carbonyl (C=O) groups is 1. The maximum atomic E-state index is 11.5. The van der Waals surface area contributed by atoms with E-state index in [4.69, 9.17) is 4.74 Å². The van der Waals surface area contributed by atoms with Crippen molar-refractivity contribution in [1.82, 2.24) is 4.98 Å². The minimum Gasteiger partial charge on any atom is -0.481 e. The van der Waals surface area contributed by atoms with Crippen LogP contribution in [0.2, 0.25) is 0 Å². The van der Waals surface area contributed by atoms with Gasteiger partial charge in [-0.25, -0.2) is 4.98 Å². The largest absolute Gasteiger partial charge is 0.481 e. The van der Waals surface area contributed by atoms with Crippen molar-refractivity contribution in [2.45, 2.75) is 25.7 Å². The number of rotatable bonds is 2. The molecule has 1 unspecified atom stereocenters. The molecule has 0 bridgehead atoms. The Kier molecular flexibility index (Phi) is 3.04. The van der Waals surface area contributed by atoms with Gasteiger partial charge in [0.05, 0.1) is 12.8 Å². The molecule has 0 aromatic carbocycles. The van der Waals surface area contributed by atoms with Crippen molar-refractivity contribution in [3.63, 3.8) is 0 Å². The number of aromatic nitrogens is 1. The summed E-state index contributed by atoms with van der Waals surface area (Å²) in [6.45, 7) is 2.08. The molecule has 0 amide bonds. The molecule has 1 aliphatic carbocycles. The normalized spacial score (nSPS) is 19.1. The maximum absolute atomic E-state index is 11.5. The smallest absolute Gasteiger partial charge is 0.213 e. The van der Waals surface area contributed by atoms with Crippen LogP contribution in [0, 0.1) is 0 Å². The van der Waals surface area contributed by atoms with Crippen molar-refractivity contribution in [1.29, 1.82) is 0 Å². The predicted molar refractivity (Wildman–Crippen MR) is 62.5 cm³/mol. The molecule has 2 rings (SSSR count). The van der Waals surface area contributed by atoms with Gasteiger partial charge in [0.1, 0.15) is 0 Å². The molecule has 16 heavy (non-hydrogen) atoms. The van der Waals surface area contributed by atoms with E-state index in [1.807, 2.05) is 18.2 Å². The summed E-state index contributed by atoms with van der Waals surface area (Å²) >= 11 is 0. The molecule has 0 spiro atoms. The summed E-state index contributed by atoms with van der Waals surface area (Å²) in [4.78, 5) is 16.0. The van der Waals surface area contributed by atoms with Crippen LogP contribution >= 0.6 is 0 Å². The highest BCUT2D eigenvalue weighted by Crippen LogP contribution is 2.30. The van der Waals surface area contributed by atoms with Crippen LogP contribution in [-0.4, -0.2) is 17.9 Å². The minimum atomic E-state index is 0.170. The third-order valence-electron chi connectivity index (χ3n) is 2.92. The molecule has 1 aliphatic rings. The molecule has 0 N–H and O–H groups in total. The van der Waals surface area contributed by atoms with Crippen molar-refractivity contribution in [3.05, 3.63) is 29.5 Å². The van der Waals surface area contributed by atoms with Crippen LogP contribution in [0.25, 0.3) is 6.08 Å². The van der Waals surface area contributed by atoms with Crippen LogP contribution in [0.4, 0.5) is 0 Å². The van der Waals surface area contributed by atoms with Crippen molar-refractivity contribution in [3.8, 4) is 5.88 Å². The van der Waals surface area contributed by atoms with Gasteiger partial charge in [-0.1, -0.05) is 6.92 Å². The Bertz CT molecular complexity index is 438. The van der Waals surface area contributed by atoms with E-state index in [-0.39, 0.29) is 11.7 Å². The van der Waals surface area contributed by atoms with E-state index in [2.05, 4.69) is 11.9 Å². The zero-order valence-corrected chi connectivity index (χ0v) is 9.56. The Morgan fingerprint density at radius 3 is 2.94 bits per heavy atom. The zero-order chi connectivity index (χ0) is 11.5. The number of ether oxygens (including phenoxy) is 1. The highest BCUT2D eigenvalue weighted by Gasteiger charge is 2.20. The van der Waals surface area contributed by atoms with Crippen molar-refractivity contribution in [2.24, 2.45) is 0 Å². The van der Waals surface area contributed by atoms with Gasteiger partial charge in [0.15, 0.2) is 5.78 Å². The zero-order valence-electron chi connectivity index (χ0n) is 9.56. The summed E-state index contributed by atoms with van der Waals surface area (Å²) in [7, 11) is 1.60. The molecule has 0 saturated carbocycles. The molecule has 3 heteroatoms. The SMILES string of the molecule is CCC1CC(=O)C=Cc2ccc(OC)nc21. The van der Waals surface area contributed by atoms with Crippen LogP contribution in [0.5, 0.6) is 5.88 Å². The number of pyridine rings is 1. The minimum absolute atomic E-state index is 0.170. The number of ketones is 1. The van der Waals surface area contributed by atoms with Crippen LogP contribution in [-0.2, 0) is 4.79 Å². The lowest BCUT2D eigenvalue weighted by atomic mass is 9.95. The standard InChI is InChI=1S/C13H15NO2/c1-3-9-8-11(15)6-4-10-5-7-12(16-2)14-13(9)10/h4-7,9H,3,8H2,1-2H3. The number of hydrogen-bond acceptors (Lipinski definition) is 3. The molecule has 84 valence electrons. The summed E-state index contributed by atoms with van der Waals surface area (Å²) < 4.78 is 5.12. The molecule has 0 radical (unpaired) electrons. The first-order valence-corrected chi connectivity index (χ1v) is 5.50. The van der Waals surface area contributed by atoms with Gasteiger partial charge in [-0.05, 0) is 30.2 Å². The van der Waals surface area contributed by atoms with E-state index in [1.54, 1.807) is 13.2 Å². The van der Waals surface area contributed by atoms with Gasteiger partial charge in [-0.15, -0.1) is 0 Å². The molecular weight excluding hydrogens is 202 g/mol. The summed E-state index contributed by atoms with van der Waals surface area (Å²) in [6, 6.07) is 3.78. The predicted octanol–water partition coefficient (Wildman–Crippen LogP) is 2.57. The van der Waals surface area contributed by atoms with E-state index >= 15 is 0 Å². The Morgan fingerprint density at radius 1 is 1.44 bits per heavy atom. The fourth-order valence-electron chi connectivity index (χ4n) is 1.98. The second kappa shape index (κ2) is 4.47. The molecule has 1 aromatic rings. The molecular formula is C13H15NO2. The van der Waals surface area contributed by atoms with E-state index in [1.165, 1.54) is 0 Å². The summed E-state index contributed by atoms with van der Waals surface area (Å²) in [6.07, 6.45) is 4.95. The van der Waals surface area contributed by atoms with Crippen molar-refractivity contribution < 1.29 is 9.53 Å². The van der Waals surface area contributed by atoms with Crippen LogP contribution in [0.15, 0.2) is 18.2 Å². The summed E-state index contributed by atoms with van der Waals surface area (Å²) in [5, 5.41) is 0. The fourth-order valence-corrected chi connectivity index (χ4v) is 1.98. The Balaban J connectivity index is 2.48. The van der Waals surface area contributed by atoms with Crippen LogP contribution in [0.3, 0.4) is 0 Å². The number of nitrogens with zero attached hydrogens (tertiary/aromatic N) is 1. The highest BCUT2D eigenvalue weighted by atomic mass is 16.5. The van der Waals surface area contributed by atoms with E-state index in [0.29, 0.717) is 12.3 Å². The summed E-state index contributed by atoms with van der Waals surface area (Å²) in [5.41, 5.74) is 2.00. The average molecular weight is 217 g/mol. The topological polar surface area (TPSA) is 39.2 Å². The maximum Gasteiger partial charge on any atom is 0.213 e. The van der Waals surface area contributed by atoms with Gasteiger partial charge in [0.2, 0.25) is 5.88 Å². The van der Waals surface area contributed by atoms with E-state index < -0.39 is 0 Å². The van der Waals surface area contributed by atoms with E-state index in [0.717, 1.165) is 17.7 Å². The first kappa shape index (κ1) is 10.9. The quantitative estimate of drug-likeness (QED) is 0.764. The summed E-state index contributed by atoms with van der Waals surface area (Å²) in [5.74, 6) is 0.983. The Hall–Kier alpha value is -1.64. The second-order valence-electron chi connectivity index (χ2n) is 3.94. The average Bonchev–Trinajstić information content (AvgIpc) is 2.48. The second-order valence-corrected chi connectivity index (χ2v) is 3.94. The number of methoxy groups -OCH3 is 1. The number of hydrogen-bond donors (Lipinski definition) is 0. The Morgan fingerprint density at radius 2 is 2.25 bits per heavy atom. The fraction of sp³-hybridized carbons (Fsp3) is 0.385. The number of fused-ring (bicyclic) bond motifs is 1. The molecule has 1 atom stereocenters. The highest BCUT2D eigenvalue weighted by molar-refractivity contribution is 5.95. The third-order valence-corrected chi connectivity index (χ3v) is 2.92. The molecule has 3 nitrogen and oxygen atoms in total. The lowest BCUT2D eigenvalue weighted by Crippen LogP contribution is -2.06. The van der Waals surface area contributed by atoms with Gasteiger partial charge >= 0.3 is 0 Å². The molecule has 1 heterocycles. The molecule has 0 saturated heterocycles. The Labute approximate surface area is 95.2 Å². The van der Waals surface area contributed by atoms with Gasteiger partial charge in [-0.2, -0.15) is 0 Å². The first-order valence-electron chi connectivity index (χ1n) is 5.50. The van der Waals surface area contributed by atoms with Crippen molar-refractivity contribution in [2.75, 3.05) is 7.11 Å². The molecule has 1 aromatic heterocycles. The van der Waals surface area contributed by atoms with Crippen LogP contribution in [0.1, 0.15) is 36.9 Å². The lowest BCUT2D eigenvalue weighted by molar-refractivity contribution is -0.114. The monoisotopic (exact) mass is 217 g/mol. The molecule has 0 aliphatic heterocycles. The molecule has 0 fully saturated rings. The van der Waals surface area contributed by atoms with Gasteiger partial charge in [0, 0.05) is 18.4 Å².